The molecule has 4 amide bonds. The number of rotatable bonds is 21. The van der Waals surface area contributed by atoms with Crippen molar-refractivity contribution in [1.29, 1.82) is 5.41 Å². The van der Waals surface area contributed by atoms with Crippen LogP contribution in [-0.4, -0.2) is 88.9 Å². The zero-order valence-corrected chi connectivity index (χ0v) is 28.7. The largest absolute Gasteiger partial charge is 0.480 e. The topological polar surface area (TPSA) is 283 Å². The molecule has 0 unspecified atom stereocenters. The van der Waals surface area contributed by atoms with E-state index in [-0.39, 0.29) is 38.2 Å². The third kappa shape index (κ3) is 13.1. The lowest BCUT2D eigenvalue weighted by atomic mass is 10.0. The Morgan fingerprint density at radius 3 is 2.10 bits per heavy atom. The molecule has 0 aliphatic carbocycles. The number of benzene rings is 2. The summed E-state index contributed by atoms with van der Waals surface area (Å²) in [6.07, 6.45) is 3.68. The van der Waals surface area contributed by atoms with Gasteiger partial charge in [-0.2, -0.15) is 0 Å². The lowest BCUT2D eigenvalue weighted by Gasteiger charge is -2.25. The van der Waals surface area contributed by atoms with E-state index >= 15 is 0 Å². The van der Waals surface area contributed by atoms with Gasteiger partial charge in [0.25, 0.3) is 0 Å². The van der Waals surface area contributed by atoms with E-state index in [4.69, 9.17) is 22.6 Å². The van der Waals surface area contributed by atoms with Crippen molar-refractivity contribution in [1.82, 2.24) is 31.6 Å². The molecule has 0 saturated carbocycles. The molecule has 0 saturated heterocycles. The van der Waals surface area contributed by atoms with E-state index in [1.54, 1.807) is 6.20 Å². The van der Waals surface area contributed by atoms with Crippen LogP contribution in [0.3, 0.4) is 0 Å². The molecule has 0 fully saturated rings. The molecule has 0 bridgehead atoms. The lowest BCUT2D eigenvalue weighted by molar-refractivity contribution is -0.142. The smallest absolute Gasteiger partial charge is 0.326 e. The number of carbonyl (C=O) groups is 5. The van der Waals surface area contributed by atoms with Crippen LogP contribution >= 0.6 is 0 Å². The zero-order valence-electron chi connectivity index (χ0n) is 28.7. The first-order valence-corrected chi connectivity index (χ1v) is 17.0. The highest BCUT2D eigenvalue weighted by atomic mass is 16.4. The molecule has 5 atom stereocenters. The van der Waals surface area contributed by atoms with E-state index in [9.17, 15) is 29.1 Å². The number of fused-ring (bicyclic) bond motifs is 1. The zero-order chi connectivity index (χ0) is 37.3. The van der Waals surface area contributed by atoms with Gasteiger partial charge in [0, 0.05) is 30.1 Å². The van der Waals surface area contributed by atoms with Crippen molar-refractivity contribution in [3.63, 3.8) is 0 Å². The van der Waals surface area contributed by atoms with Crippen molar-refractivity contribution in [2.75, 3.05) is 13.1 Å². The number of guanidine groups is 1. The number of para-hydroxylation sites is 1. The van der Waals surface area contributed by atoms with Crippen molar-refractivity contribution in [2.24, 2.45) is 17.2 Å². The maximum Gasteiger partial charge on any atom is 0.326 e. The number of carboxylic acid groups (broad SMARTS) is 1. The van der Waals surface area contributed by atoms with Crippen LogP contribution in [-0.2, 0) is 36.8 Å². The Hall–Kier alpha value is -5.48. The fourth-order valence-corrected chi connectivity index (χ4v) is 5.47. The van der Waals surface area contributed by atoms with E-state index in [1.807, 2.05) is 54.6 Å². The Bertz CT molecular complexity index is 1630. The average Bonchev–Trinajstić information content (AvgIpc) is 3.51. The van der Waals surface area contributed by atoms with E-state index in [0.717, 1.165) is 16.5 Å². The highest BCUT2D eigenvalue weighted by molar-refractivity contribution is 5.96. The maximum absolute atomic E-state index is 13.9. The summed E-state index contributed by atoms with van der Waals surface area (Å²) in [6.45, 7) is 2.05. The van der Waals surface area contributed by atoms with Gasteiger partial charge in [0.15, 0.2) is 5.96 Å². The van der Waals surface area contributed by atoms with E-state index < -0.39 is 59.8 Å². The van der Waals surface area contributed by atoms with Crippen LogP contribution in [0.15, 0.2) is 60.8 Å². The van der Waals surface area contributed by atoms with Crippen molar-refractivity contribution >= 4 is 46.5 Å². The molecular formula is C35H50N10O6. The number of carboxylic acids is 1. The fourth-order valence-electron chi connectivity index (χ4n) is 5.47. The van der Waals surface area contributed by atoms with Gasteiger partial charge < -0.3 is 53.9 Å². The quantitative estimate of drug-likeness (QED) is 0.0391. The van der Waals surface area contributed by atoms with Gasteiger partial charge in [-0.15, -0.1) is 0 Å². The lowest BCUT2D eigenvalue weighted by Crippen LogP contribution is -2.58. The number of carbonyl (C=O) groups excluding carboxylic acids is 4. The van der Waals surface area contributed by atoms with E-state index in [0.29, 0.717) is 31.4 Å². The Kier molecular flexibility index (Phi) is 15.9. The van der Waals surface area contributed by atoms with Gasteiger partial charge >= 0.3 is 5.97 Å². The molecular weight excluding hydrogens is 656 g/mol. The molecule has 0 radical (unpaired) electrons. The second-order valence-corrected chi connectivity index (χ2v) is 12.4. The molecule has 16 heteroatoms. The minimum absolute atomic E-state index is 0.0207. The van der Waals surface area contributed by atoms with Gasteiger partial charge in [-0.25, -0.2) is 4.79 Å². The SMILES string of the molecule is C[C@H](NC(=O)[C@H](Cc1c[nH]c2ccccc12)NC(=O)[C@H](CCCNC(=N)N)NC(=O)[C@@H](N)Cc1ccccc1)C(=O)N[C@@H](CCCCN)C(=O)O. The second kappa shape index (κ2) is 20.3. The number of hydrogen-bond donors (Lipinski definition) is 11. The molecule has 1 aromatic heterocycles. The molecule has 1 heterocycles. The molecule has 2 aromatic carbocycles. The Labute approximate surface area is 296 Å². The molecule has 0 spiro atoms. The summed E-state index contributed by atoms with van der Waals surface area (Å²) in [5.41, 5.74) is 19.5. The standard InChI is InChI=1S/C35H50N10O6/c1-21(30(46)44-28(34(50)51)14-7-8-16-36)42-33(49)29(19-23-20-41-26-13-6-5-12-24(23)26)45-32(48)27(15-9-17-40-35(38)39)43-31(47)25(37)18-22-10-3-2-4-11-22/h2-6,10-13,20-21,25,27-29,41H,7-9,14-19,36-37H2,1H3,(H,42,49)(H,43,47)(H,44,46)(H,45,48)(H,50,51)(H4,38,39,40)/t21-,25-,27-,28-,29-/m0/s1. The van der Waals surface area contributed by atoms with Crippen LogP contribution in [0.4, 0.5) is 0 Å². The highest BCUT2D eigenvalue weighted by Crippen LogP contribution is 2.19. The predicted octanol–water partition coefficient (Wildman–Crippen LogP) is -0.284. The summed E-state index contributed by atoms with van der Waals surface area (Å²) < 4.78 is 0. The molecule has 16 nitrogen and oxygen atoms in total. The fraction of sp³-hybridized carbons (Fsp3) is 0.429. The number of nitrogens with two attached hydrogens (primary N) is 3. The summed E-state index contributed by atoms with van der Waals surface area (Å²) >= 11 is 0. The number of H-pyrrole nitrogens is 1. The third-order valence-electron chi connectivity index (χ3n) is 8.30. The molecule has 276 valence electrons. The highest BCUT2D eigenvalue weighted by Gasteiger charge is 2.31. The second-order valence-electron chi connectivity index (χ2n) is 12.4. The molecule has 3 aromatic rings. The summed E-state index contributed by atoms with van der Waals surface area (Å²) in [7, 11) is 0. The molecule has 0 aliphatic heterocycles. The molecule has 14 N–H and O–H groups in total. The van der Waals surface area contributed by atoms with Crippen molar-refractivity contribution in [3.05, 3.63) is 71.9 Å². The Balaban J connectivity index is 1.80. The van der Waals surface area contributed by atoms with Crippen LogP contribution < -0.4 is 43.8 Å². The van der Waals surface area contributed by atoms with Crippen LogP contribution in [0, 0.1) is 5.41 Å². The van der Waals surface area contributed by atoms with E-state index in [2.05, 4.69) is 31.6 Å². The van der Waals surface area contributed by atoms with Gasteiger partial charge in [-0.05, 0) is 69.2 Å². The first-order chi connectivity index (χ1) is 24.4. The number of nitrogens with one attached hydrogen (secondary N) is 7. The van der Waals surface area contributed by atoms with Crippen LogP contribution in [0.25, 0.3) is 10.9 Å². The van der Waals surface area contributed by atoms with Crippen molar-refractivity contribution < 1.29 is 29.1 Å². The van der Waals surface area contributed by atoms with Crippen LogP contribution in [0.1, 0.15) is 50.2 Å². The summed E-state index contributed by atoms with van der Waals surface area (Å²) in [4.78, 5) is 68.7. The third-order valence-corrected chi connectivity index (χ3v) is 8.30. The van der Waals surface area contributed by atoms with Crippen LogP contribution in [0.2, 0.25) is 0 Å². The number of amides is 4. The summed E-state index contributed by atoms with van der Waals surface area (Å²) in [5.74, 6) is -4.10. The number of hydrogen-bond acceptors (Lipinski definition) is 8. The minimum atomic E-state index is -1.21. The minimum Gasteiger partial charge on any atom is -0.480 e. The van der Waals surface area contributed by atoms with Crippen molar-refractivity contribution in [2.45, 2.75) is 82.1 Å². The van der Waals surface area contributed by atoms with Gasteiger partial charge in [0.05, 0.1) is 6.04 Å². The Morgan fingerprint density at radius 2 is 1.41 bits per heavy atom. The normalized spacial score (nSPS) is 13.9. The molecule has 0 aliphatic rings. The monoisotopic (exact) mass is 706 g/mol. The number of aliphatic carboxylic acids is 1. The predicted molar refractivity (Wildman–Crippen MR) is 193 cm³/mol. The maximum atomic E-state index is 13.9. The van der Waals surface area contributed by atoms with Crippen LogP contribution in [0.5, 0.6) is 0 Å². The average molecular weight is 707 g/mol. The van der Waals surface area contributed by atoms with Gasteiger partial charge in [0.1, 0.15) is 24.2 Å². The number of aromatic nitrogens is 1. The summed E-state index contributed by atoms with van der Waals surface area (Å²) in [6, 6.07) is 11.0. The number of aromatic amines is 1. The van der Waals surface area contributed by atoms with Crippen molar-refractivity contribution in [3.8, 4) is 0 Å². The summed E-state index contributed by atoms with van der Waals surface area (Å²) in [5, 5.41) is 31.0. The van der Waals surface area contributed by atoms with Gasteiger partial charge in [-0.1, -0.05) is 48.5 Å². The molecule has 51 heavy (non-hydrogen) atoms. The molecule has 3 rings (SSSR count). The van der Waals surface area contributed by atoms with E-state index in [1.165, 1.54) is 6.92 Å². The van der Waals surface area contributed by atoms with Gasteiger partial charge in [0.2, 0.25) is 23.6 Å². The number of unbranched alkanes of at least 4 members (excludes halogenated alkanes) is 1. The first kappa shape index (κ1) is 40.0. The van der Waals surface area contributed by atoms with Gasteiger partial charge in [-0.3, -0.25) is 24.6 Å². The Morgan fingerprint density at radius 1 is 0.784 bits per heavy atom. The first-order valence-electron chi connectivity index (χ1n) is 17.0.